The van der Waals surface area contributed by atoms with E-state index in [1.807, 2.05) is 30.3 Å². The van der Waals surface area contributed by atoms with Crippen molar-refractivity contribution < 1.29 is 14.5 Å². The molecule has 8 nitrogen and oxygen atoms in total. The minimum Gasteiger partial charge on any atom is -0.358 e. The van der Waals surface area contributed by atoms with E-state index in [9.17, 15) is 19.7 Å². The van der Waals surface area contributed by atoms with E-state index in [2.05, 4.69) is 10.3 Å². The number of imidazole rings is 1. The first-order valence-electron chi connectivity index (χ1n) is 6.95. The fraction of sp³-hybridized carbons (Fsp3) is 0.267. The molecule has 0 radical (unpaired) electrons. The zero-order valence-electron chi connectivity index (χ0n) is 12.5. The zero-order chi connectivity index (χ0) is 16.8. The van der Waals surface area contributed by atoms with Crippen LogP contribution in [0.15, 0.2) is 42.9 Å². The Kier molecular flexibility index (Phi) is 5.19. The predicted molar refractivity (Wildman–Crippen MR) is 81.6 cm³/mol. The molecular weight excluding hydrogens is 300 g/mol. The maximum absolute atomic E-state index is 12.0. The minimum atomic E-state index is -0.637. The highest BCUT2D eigenvalue weighted by atomic mass is 16.6. The van der Waals surface area contributed by atoms with Gasteiger partial charge in [0, 0.05) is 0 Å². The quantitative estimate of drug-likeness (QED) is 0.608. The lowest BCUT2D eigenvalue weighted by Gasteiger charge is -2.16. The SMILES string of the molecule is CC(=O)C(Cc1ccccc1)NC(=O)Cn1cnc([N+](=O)[O-])c1. The first kappa shape index (κ1) is 16.3. The number of aromatic nitrogens is 2. The van der Waals surface area contributed by atoms with Crippen LogP contribution in [0.25, 0.3) is 0 Å². The van der Waals surface area contributed by atoms with Crippen LogP contribution in [0.1, 0.15) is 12.5 Å². The highest BCUT2D eigenvalue weighted by Crippen LogP contribution is 2.06. The molecule has 1 N–H and O–H groups in total. The molecule has 0 bridgehead atoms. The molecule has 0 aliphatic carbocycles. The Bertz CT molecular complexity index is 711. The van der Waals surface area contributed by atoms with Crippen LogP contribution < -0.4 is 5.32 Å². The number of carbonyl (C=O) groups is 2. The summed E-state index contributed by atoms with van der Waals surface area (Å²) in [5, 5.41) is 13.2. The van der Waals surface area contributed by atoms with Gasteiger partial charge in [0.05, 0.1) is 6.04 Å². The Labute approximate surface area is 132 Å². The van der Waals surface area contributed by atoms with Gasteiger partial charge in [0.15, 0.2) is 5.78 Å². The molecular formula is C15H16N4O4. The van der Waals surface area contributed by atoms with Crippen molar-refractivity contribution in [3.63, 3.8) is 0 Å². The molecule has 0 aliphatic rings. The van der Waals surface area contributed by atoms with E-state index in [4.69, 9.17) is 0 Å². The van der Waals surface area contributed by atoms with Gasteiger partial charge in [0.1, 0.15) is 12.7 Å². The third-order valence-corrected chi connectivity index (χ3v) is 3.24. The van der Waals surface area contributed by atoms with Crippen molar-refractivity contribution in [2.45, 2.75) is 25.9 Å². The Morgan fingerprint density at radius 2 is 2.04 bits per heavy atom. The van der Waals surface area contributed by atoms with Crippen LogP contribution in [0.2, 0.25) is 0 Å². The van der Waals surface area contributed by atoms with Gasteiger partial charge in [0.25, 0.3) is 0 Å². The highest BCUT2D eigenvalue weighted by Gasteiger charge is 2.19. The standard InChI is InChI=1S/C15H16N4O4/c1-11(20)13(7-12-5-3-2-4-6-12)17-15(21)9-18-8-14(16-10-18)19(22)23/h2-6,8,10,13H,7,9H2,1H3,(H,17,21). The van der Waals surface area contributed by atoms with Crippen LogP contribution in [0.3, 0.4) is 0 Å². The summed E-state index contributed by atoms with van der Waals surface area (Å²) in [6, 6.07) is 8.71. The Morgan fingerprint density at radius 1 is 1.35 bits per heavy atom. The summed E-state index contributed by atoms with van der Waals surface area (Å²) in [7, 11) is 0. The molecule has 1 amide bonds. The van der Waals surface area contributed by atoms with Crippen LogP contribution in [-0.4, -0.2) is 32.2 Å². The average molecular weight is 316 g/mol. The molecule has 1 aromatic heterocycles. The maximum Gasteiger partial charge on any atom is 0.381 e. The monoisotopic (exact) mass is 316 g/mol. The van der Waals surface area contributed by atoms with Crippen molar-refractivity contribution in [2.75, 3.05) is 0 Å². The van der Waals surface area contributed by atoms with E-state index in [-0.39, 0.29) is 18.1 Å². The van der Waals surface area contributed by atoms with Crippen molar-refractivity contribution in [1.29, 1.82) is 0 Å². The molecule has 0 saturated carbocycles. The van der Waals surface area contributed by atoms with Gasteiger partial charge in [0.2, 0.25) is 12.2 Å². The summed E-state index contributed by atoms with van der Waals surface area (Å²) in [5.41, 5.74) is 0.936. The topological polar surface area (TPSA) is 107 Å². The summed E-state index contributed by atoms with van der Waals surface area (Å²) < 4.78 is 1.30. The Morgan fingerprint density at radius 3 is 2.61 bits per heavy atom. The van der Waals surface area contributed by atoms with Gasteiger partial charge in [-0.3, -0.25) is 9.59 Å². The van der Waals surface area contributed by atoms with Crippen LogP contribution in [0.4, 0.5) is 5.82 Å². The number of nitrogens with zero attached hydrogens (tertiary/aromatic N) is 3. The van der Waals surface area contributed by atoms with Crippen LogP contribution in [0.5, 0.6) is 0 Å². The molecule has 0 spiro atoms. The van der Waals surface area contributed by atoms with Crippen molar-refractivity contribution in [2.24, 2.45) is 0 Å². The van der Waals surface area contributed by atoms with Gasteiger partial charge in [-0.05, 0) is 28.8 Å². The van der Waals surface area contributed by atoms with E-state index in [1.165, 1.54) is 24.0 Å². The lowest BCUT2D eigenvalue weighted by molar-refractivity contribution is -0.389. The number of nitro groups is 1. The fourth-order valence-electron chi connectivity index (χ4n) is 2.08. The van der Waals surface area contributed by atoms with Gasteiger partial charge in [-0.1, -0.05) is 30.3 Å². The number of nitrogens with one attached hydrogen (secondary N) is 1. The second kappa shape index (κ2) is 7.30. The van der Waals surface area contributed by atoms with E-state index < -0.39 is 16.9 Å². The first-order chi connectivity index (χ1) is 11.0. The molecule has 1 aromatic carbocycles. The minimum absolute atomic E-state index is 0.139. The Hall–Kier alpha value is -3.03. The summed E-state index contributed by atoms with van der Waals surface area (Å²) in [6.45, 7) is 1.27. The number of ketones is 1. The van der Waals surface area contributed by atoms with Crippen molar-refractivity contribution in [1.82, 2.24) is 14.9 Å². The van der Waals surface area contributed by atoms with Gasteiger partial charge in [-0.2, -0.15) is 0 Å². The summed E-state index contributed by atoms with van der Waals surface area (Å²) in [6.07, 6.45) is 2.77. The van der Waals surface area contributed by atoms with Crippen LogP contribution in [-0.2, 0) is 22.6 Å². The molecule has 1 heterocycles. The molecule has 1 atom stereocenters. The predicted octanol–water partition coefficient (Wildman–Crippen LogP) is 1.11. The van der Waals surface area contributed by atoms with E-state index in [1.54, 1.807) is 0 Å². The summed E-state index contributed by atoms with van der Waals surface area (Å²) in [5.74, 6) is -0.891. The molecule has 0 saturated heterocycles. The van der Waals surface area contributed by atoms with E-state index >= 15 is 0 Å². The van der Waals surface area contributed by atoms with Gasteiger partial charge >= 0.3 is 5.82 Å². The molecule has 120 valence electrons. The molecule has 0 aliphatic heterocycles. The van der Waals surface area contributed by atoms with E-state index in [0.717, 1.165) is 5.56 Å². The number of rotatable bonds is 7. The molecule has 2 aromatic rings. The molecule has 2 rings (SSSR count). The molecule has 1 unspecified atom stereocenters. The molecule has 0 fully saturated rings. The third-order valence-electron chi connectivity index (χ3n) is 3.24. The highest BCUT2D eigenvalue weighted by molar-refractivity contribution is 5.87. The molecule has 8 heteroatoms. The summed E-state index contributed by atoms with van der Waals surface area (Å²) in [4.78, 5) is 37.2. The van der Waals surface area contributed by atoms with Crippen molar-refractivity contribution in [3.05, 3.63) is 58.5 Å². The fourth-order valence-corrected chi connectivity index (χ4v) is 2.08. The number of hydrogen-bond donors (Lipinski definition) is 1. The summed E-state index contributed by atoms with van der Waals surface area (Å²) >= 11 is 0. The second-order valence-electron chi connectivity index (χ2n) is 5.08. The maximum atomic E-state index is 12.0. The Balaban J connectivity index is 1.97. The van der Waals surface area contributed by atoms with Gasteiger partial charge < -0.3 is 20.0 Å². The average Bonchev–Trinajstić information content (AvgIpc) is 2.96. The zero-order valence-corrected chi connectivity index (χ0v) is 12.5. The van der Waals surface area contributed by atoms with Crippen LogP contribution in [0, 0.1) is 10.1 Å². The van der Waals surface area contributed by atoms with E-state index in [0.29, 0.717) is 6.42 Å². The lowest BCUT2D eigenvalue weighted by Crippen LogP contribution is -2.42. The molecule has 23 heavy (non-hydrogen) atoms. The van der Waals surface area contributed by atoms with Crippen molar-refractivity contribution >= 4 is 17.5 Å². The van der Waals surface area contributed by atoms with Crippen LogP contribution >= 0.6 is 0 Å². The number of carbonyl (C=O) groups excluding carboxylic acids is 2. The third kappa shape index (κ3) is 4.73. The number of hydrogen-bond acceptors (Lipinski definition) is 5. The number of benzene rings is 1. The van der Waals surface area contributed by atoms with Gasteiger partial charge in [-0.15, -0.1) is 0 Å². The second-order valence-corrected chi connectivity index (χ2v) is 5.08. The lowest BCUT2D eigenvalue weighted by atomic mass is 10.0. The smallest absolute Gasteiger partial charge is 0.358 e. The van der Waals surface area contributed by atoms with Crippen molar-refractivity contribution in [3.8, 4) is 0 Å². The normalized spacial score (nSPS) is 11.7. The first-order valence-corrected chi connectivity index (χ1v) is 6.95. The van der Waals surface area contributed by atoms with Gasteiger partial charge in [-0.25, -0.2) is 0 Å². The number of amides is 1. The number of Topliss-reactive ketones (excluding diaryl/α,β-unsaturated/α-hetero) is 1. The largest absolute Gasteiger partial charge is 0.381 e.